The topological polar surface area (TPSA) is 101 Å². The van der Waals surface area contributed by atoms with Crippen molar-refractivity contribution in [1.29, 1.82) is 0 Å². The second kappa shape index (κ2) is 7.03. The fraction of sp³-hybridized carbons (Fsp3) is 0.316. The van der Waals surface area contributed by atoms with Crippen LogP contribution in [0.1, 0.15) is 18.4 Å². The van der Waals surface area contributed by atoms with E-state index < -0.39 is 26.0 Å². The van der Waals surface area contributed by atoms with E-state index in [0.717, 1.165) is 12.0 Å². The Hall–Kier alpha value is -2.59. The molecule has 2 aliphatic heterocycles. The number of methoxy groups -OCH3 is 1. The maximum atomic E-state index is 13.5. The Morgan fingerprint density at radius 2 is 1.83 bits per heavy atom. The standard InChI is InChI=1S/C19H20N2O6S2/c1-27-17-9-8-15(21-19(22)10-12-28(21,23)24)13-18(17)29(25,26)20-11-4-6-14-5-2-3-7-16(14)20/h2-3,5,7-9,13H,4,6,10-12H2,1H3. The largest absolute Gasteiger partial charge is 0.495 e. The highest BCUT2D eigenvalue weighted by Gasteiger charge is 2.38. The van der Waals surface area contributed by atoms with E-state index in [4.69, 9.17) is 4.74 Å². The zero-order valence-electron chi connectivity index (χ0n) is 15.7. The Bertz CT molecular complexity index is 1190. The number of ether oxygens (including phenoxy) is 1. The van der Waals surface area contributed by atoms with E-state index in [2.05, 4.69) is 0 Å². The Balaban J connectivity index is 1.85. The molecule has 2 aromatic rings. The van der Waals surface area contributed by atoms with Crippen LogP contribution in [0.15, 0.2) is 47.4 Å². The summed E-state index contributed by atoms with van der Waals surface area (Å²) in [5.74, 6) is -0.790. The first kappa shape index (κ1) is 19.7. The van der Waals surface area contributed by atoms with Crippen molar-refractivity contribution >= 4 is 37.3 Å². The van der Waals surface area contributed by atoms with Gasteiger partial charge in [-0.25, -0.2) is 21.1 Å². The molecular weight excluding hydrogens is 416 g/mol. The van der Waals surface area contributed by atoms with Crippen LogP contribution in [0.4, 0.5) is 11.4 Å². The average Bonchev–Trinajstić information content (AvgIpc) is 2.99. The van der Waals surface area contributed by atoms with Crippen LogP contribution < -0.4 is 13.3 Å². The minimum Gasteiger partial charge on any atom is -0.495 e. The van der Waals surface area contributed by atoms with E-state index in [1.54, 1.807) is 12.1 Å². The van der Waals surface area contributed by atoms with E-state index >= 15 is 0 Å². The predicted octanol–water partition coefficient (Wildman–Crippen LogP) is 1.90. The van der Waals surface area contributed by atoms with Crippen LogP contribution in [0.2, 0.25) is 0 Å². The summed E-state index contributed by atoms with van der Waals surface area (Å²) < 4.78 is 58.8. The number of amides is 1. The van der Waals surface area contributed by atoms with Crippen LogP contribution >= 0.6 is 0 Å². The first-order chi connectivity index (χ1) is 13.8. The van der Waals surface area contributed by atoms with Gasteiger partial charge in [0.25, 0.3) is 10.0 Å². The van der Waals surface area contributed by atoms with E-state index in [1.165, 1.54) is 29.6 Å². The Morgan fingerprint density at radius 1 is 1.07 bits per heavy atom. The fourth-order valence-electron chi connectivity index (χ4n) is 3.73. The zero-order valence-corrected chi connectivity index (χ0v) is 17.4. The quantitative estimate of drug-likeness (QED) is 0.726. The third kappa shape index (κ3) is 3.25. The molecule has 0 bridgehead atoms. The van der Waals surface area contributed by atoms with Crippen molar-refractivity contribution in [1.82, 2.24) is 0 Å². The molecular formula is C19H20N2O6S2. The Kier molecular flexibility index (Phi) is 4.78. The van der Waals surface area contributed by atoms with Crippen molar-refractivity contribution in [2.45, 2.75) is 24.2 Å². The molecule has 0 atom stereocenters. The van der Waals surface area contributed by atoms with Gasteiger partial charge in [-0.2, -0.15) is 0 Å². The fourth-order valence-corrected chi connectivity index (χ4v) is 6.90. The number of aryl methyl sites for hydroxylation is 1. The van der Waals surface area contributed by atoms with Gasteiger partial charge in [-0.1, -0.05) is 18.2 Å². The van der Waals surface area contributed by atoms with Crippen molar-refractivity contribution in [2.24, 2.45) is 0 Å². The molecule has 154 valence electrons. The SMILES string of the molecule is COc1ccc(N2C(=O)CCS2(=O)=O)cc1S(=O)(=O)N1CCCc2ccccc21. The predicted molar refractivity (Wildman–Crippen MR) is 108 cm³/mol. The number of sulfonamides is 2. The highest BCUT2D eigenvalue weighted by Crippen LogP contribution is 2.37. The van der Waals surface area contributed by atoms with Crippen molar-refractivity contribution in [3.05, 3.63) is 48.0 Å². The molecule has 29 heavy (non-hydrogen) atoms. The molecule has 0 N–H and O–H groups in total. The minimum absolute atomic E-state index is 0.00262. The number of hydrogen-bond acceptors (Lipinski definition) is 6. The molecule has 0 saturated carbocycles. The summed E-state index contributed by atoms with van der Waals surface area (Å²) in [5, 5.41) is 0. The summed E-state index contributed by atoms with van der Waals surface area (Å²) in [6.07, 6.45) is 1.31. The van der Waals surface area contributed by atoms with Crippen molar-refractivity contribution in [3.8, 4) is 5.75 Å². The van der Waals surface area contributed by atoms with E-state index in [9.17, 15) is 21.6 Å². The molecule has 1 amide bonds. The van der Waals surface area contributed by atoms with Crippen molar-refractivity contribution < 1.29 is 26.4 Å². The van der Waals surface area contributed by atoms with Crippen molar-refractivity contribution in [2.75, 3.05) is 28.0 Å². The van der Waals surface area contributed by atoms with E-state index in [1.807, 2.05) is 12.1 Å². The number of fused-ring (bicyclic) bond motifs is 1. The summed E-state index contributed by atoms with van der Waals surface area (Å²) in [5.41, 5.74) is 1.52. The number of hydrogen-bond donors (Lipinski definition) is 0. The highest BCUT2D eigenvalue weighted by atomic mass is 32.2. The van der Waals surface area contributed by atoms with Gasteiger partial charge in [0.05, 0.1) is 24.2 Å². The highest BCUT2D eigenvalue weighted by molar-refractivity contribution is 7.94. The Morgan fingerprint density at radius 3 is 2.52 bits per heavy atom. The van der Waals surface area contributed by atoms with Crippen LogP contribution in [-0.2, 0) is 31.3 Å². The minimum atomic E-state index is -4.05. The lowest BCUT2D eigenvalue weighted by molar-refractivity contribution is -0.116. The molecule has 2 aliphatic rings. The number of anilines is 2. The molecule has 10 heteroatoms. The normalized spacial score (nSPS) is 18.6. The molecule has 4 rings (SSSR count). The molecule has 2 heterocycles. The molecule has 0 spiro atoms. The van der Waals surface area contributed by atoms with E-state index in [-0.39, 0.29) is 28.5 Å². The molecule has 1 fully saturated rings. The van der Waals surface area contributed by atoms with Gasteiger partial charge in [0.15, 0.2) is 0 Å². The Labute approximate surface area is 169 Å². The first-order valence-corrected chi connectivity index (χ1v) is 12.1. The second-order valence-corrected chi connectivity index (χ2v) is 10.6. The summed E-state index contributed by atoms with van der Waals surface area (Å²) in [6.45, 7) is 0.299. The van der Waals surface area contributed by atoms with Gasteiger partial charge >= 0.3 is 0 Å². The van der Waals surface area contributed by atoms with Gasteiger partial charge in [0.1, 0.15) is 10.6 Å². The number of nitrogens with zero attached hydrogens (tertiary/aromatic N) is 2. The maximum absolute atomic E-state index is 13.5. The van der Waals surface area contributed by atoms with Crippen LogP contribution in [0.5, 0.6) is 5.75 Å². The monoisotopic (exact) mass is 436 g/mol. The third-order valence-corrected chi connectivity index (χ3v) is 8.62. The van der Waals surface area contributed by atoms with Gasteiger partial charge in [0.2, 0.25) is 15.9 Å². The van der Waals surface area contributed by atoms with Gasteiger partial charge < -0.3 is 4.74 Å². The van der Waals surface area contributed by atoms with Gasteiger partial charge in [-0.05, 0) is 42.7 Å². The zero-order chi connectivity index (χ0) is 20.8. The van der Waals surface area contributed by atoms with Crippen molar-refractivity contribution in [3.63, 3.8) is 0 Å². The average molecular weight is 437 g/mol. The number of para-hydroxylation sites is 1. The third-order valence-electron chi connectivity index (χ3n) is 5.10. The molecule has 1 saturated heterocycles. The van der Waals surface area contributed by atoms with Gasteiger partial charge in [-0.3, -0.25) is 9.10 Å². The second-order valence-electron chi connectivity index (χ2n) is 6.87. The van der Waals surface area contributed by atoms with Crippen LogP contribution in [0, 0.1) is 0 Å². The van der Waals surface area contributed by atoms with Crippen LogP contribution in [0.25, 0.3) is 0 Å². The summed E-state index contributed by atoms with van der Waals surface area (Å²) in [4.78, 5) is 12.0. The first-order valence-electron chi connectivity index (χ1n) is 9.10. The molecule has 0 aromatic heterocycles. The number of rotatable bonds is 4. The summed E-state index contributed by atoms with van der Waals surface area (Å²) in [7, 11) is -6.52. The lowest BCUT2D eigenvalue weighted by atomic mass is 10.0. The van der Waals surface area contributed by atoms with E-state index in [0.29, 0.717) is 23.0 Å². The molecule has 0 unspecified atom stereocenters. The lowest BCUT2D eigenvalue weighted by Gasteiger charge is -2.31. The number of benzene rings is 2. The number of carbonyl (C=O) groups excluding carboxylic acids is 1. The molecule has 0 radical (unpaired) electrons. The molecule has 8 nitrogen and oxygen atoms in total. The van der Waals surface area contributed by atoms with Crippen LogP contribution in [0.3, 0.4) is 0 Å². The number of carbonyl (C=O) groups is 1. The maximum Gasteiger partial charge on any atom is 0.268 e. The summed E-state index contributed by atoms with van der Waals surface area (Å²) in [6, 6.07) is 11.2. The lowest BCUT2D eigenvalue weighted by Crippen LogP contribution is -2.36. The van der Waals surface area contributed by atoms with Gasteiger partial charge in [-0.15, -0.1) is 0 Å². The van der Waals surface area contributed by atoms with Crippen LogP contribution in [-0.4, -0.2) is 42.2 Å². The molecule has 0 aliphatic carbocycles. The summed E-state index contributed by atoms with van der Waals surface area (Å²) >= 11 is 0. The van der Waals surface area contributed by atoms with Gasteiger partial charge in [0, 0.05) is 13.0 Å². The molecule has 2 aromatic carbocycles. The smallest absolute Gasteiger partial charge is 0.268 e.